The lowest BCUT2D eigenvalue weighted by Crippen LogP contribution is -2.55. The van der Waals surface area contributed by atoms with Gasteiger partial charge in [-0.2, -0.15) is 0 Å². The maximum Gasteiger partial charge on any atom is 0.240 e. The van der Waals surface area contributed by atoms with E-state index in [1.54, 1.807) is 12.1 Å². The molecule has 1 aromatic carbocycles. The predicted molar refractivity (Wildman–Crippen MR) is 83.5 cm³/mol. The van der Waals surface area contributed by atoms with Crippen LogP contribution in [0.1, 0.15) is 18.9 Å². The molecule has 1 spiro atoms. The Kier molecular flexibility index (Phi) is 3.92. The number of primary sulfonamides is 1. The second-order valence-corrected chi connectivity index (χ2v) is 7.64. The molecule has 2 aliphatic heterocycles. The zero-order valence-electron chi connectivity index (χ0n) is 12.9. The van der Waals surface area contributed by atoms with E-state index >= 15 is 0 Å². The van der Waals surface area contributed by atoms with E-state index in [4.69, 9.17) is 14.6 Å². The normalized spacial score (nSPS) is 29.2. The Labute approximate surface area is 131 Å². The lowest BCUT2D eigenvalue weighted by Gasteiger charge is -2.43. The van der Waals surface area contributed by atoms with Crippen molar-refractivity contribution in [2.45, 2.75) is 36.9 Å². The van der Waals surface area contributed by atoms with E-state index in [1.807, 2.05) is 19.9 Å². The topological polar surface area (TPSA) is 81.9 Å². The van der Waals surface area contributed by atoms with Crippen molar-refractivity contribution in [3.63, 3.8) is 0 Å². The van der Waals surface area contributed by atoms with Gasteiger partial charge in [0, 0.05) is 26.1 Å². The second kappa shape index (κ2) is 5.49. The molecule has 2 aliphatic rings. The minimum absolute atomic E-state index is 0.00181. The van der Waals surface area contributed by atoms with Crippen LogP contribution in [0.15, 0.2) is 23.1 Å². The van der Waals surface area contributed by atoms with Crippen molar-refractivity contribution in [2.75, 3.05) is 31.2 Å². The Balaban J connectivity index is 1.99. The van der Waals surface area contributed by atoms with Crippen molar-refractivity contribution in [3.05, 3.63) is 23.8 Å². The maximum absolute atomic E-state index is 11.9. The quantitative estimate of drug-likeness (QED) is 0.878. The minimum atomic E-state index is -3.76. The van der Waals surface area contributed by atoms with Gasteiger partial charge >= 0.3 is 0 Å². The van der Waals surface area contributed by atoms with Crippen molar-refractivity contribution in [1.29, 1.82) is 0 Å². The molecular formula is C15H22N2O4S. The van der Waals surface area contributed by atoms with E-state index in [1.165, 1.54) is 0 Å². The van der Waals surface area contributed by atoms with Crippen LogP contribution in [0.5, 0.6) is 0 Å². The molecule has 0 radical (unpaired) electrons. The van der Waals surface area contributed by atoms with Crippen LogP contribution in [0.3, 0.4) is 0 Å². The maximum atomic E-state index is 11.9. The molecule has 2 N–H and O–H groups in total. The van der Waals surface area contributed by atoms with Gasteiger partial charge < -0.3 is 14.4 Å². The summed E-state index contributed by atoms with van der Waals surface area (Å²) in [6.45, 7) is 6.42. The highest BCUT2D eigenvalue weighted by atomic mass is 32.2. The third-order valence-electron chi connectivity index (χ3n) is 4.60. The number of rotatable bonds is 2. The number of morpholine rings is 1. The van der Waals surface area contributed by atoms with Crippen molar-refractivity contribution >= 4 is 15.7 Å². The molecule has 3 rings (SSSR count). The molecule has 22 heavy (non-hydrogen) atoms. The number of hydrogen-bond acceptors (Lipinski definition) is 5. The van der Waals surface area contributed by atoms with E-state index in [0.29, 0.717) is 32.0 Å². The number of ether oxygens (including phenoxy) is 2. The summed E-state index contributed by atoms with van der Waals surface area (Å²) in [5.41, 5.74) is 1.29. The SMILES string of the molecule is Cc1ccc(S(N)(=O)=O)c(N2CCOC3(CCOC3C)C2)c1. The number of hydrogen-bond donors (Lipinski definition) is 1. The fourth-order valence-electron chi connectivity index (χ4n) is 3.29. The number of aryl methyl sites for hydroxylation is 1. The fourth-order valence-corrected chi connectivity index (χ4v) is 4.03. The summed E-state index contributed by atoms with van der Waals surface area (Å²) >= 11 is 0. The molecular weight excluding hydrogens is 304 g/mol. The van der Waals surface area contributed by atoms with Gasteiger partial charge in [0.15, 0.2) is 0 Å². The van der Waals surface area contributed by atoms with Gasteiger partial charge in [-0.3, -0.25) is 0 Å². The zero-order valence-corrected chi connectivity index (χ0v) is 13.7. The van der Waals surface area contributed by atoms with Gasteiger partial charge in [0.05, 0.1) is 18.4 Å². The Morgan fingerprint density at radius 1 is 1.36 bits per heavy atom. The summed E-state index contributed by atoms with van der Waals surface area (Å²) in [5, 5.41) is 5.38. The van der Waals surface area contributed by atoms with Crippen LogP contribution < -0.4 is 10.0 Å². The molecule has 0 aromatic heterocycles. The number of sulfonamides is 1. The summed E-state index contributed by atoms with van der Waals surface area (Å²) in [5.74, 6) is 0. The Hall–Kier alpha value is -1.15. The van der Waals surface area contributed by atoms with Crippen molar-refractivity contribution in [2.24, 2.45) is 5.14 Å². The van der Waals surface area contributed by atoms with Crippen LogP contribution >= 0.6 is 0 Å². The Bertz CT molecular complexity index is 676. The summed E-state index contributed by atoms with van der Waals surface area (Å²) in [7, 11) is -3.76. The van der Waals surface area contributed by atoms with E-state index in [-0.39, 0.29) is 16.6 Å². The van der Waals surface area contributed by atoms with Gasteiger partial charge in [-0.25, -0.2) is 13.6 Å². The van der Waals surface area contributed by atoms with Crippen LogP contribution in [0.4, 0.5) is 5.69 Å². The van der Waals surface area contributed by atoms with Crippen molar-refractivity contribution < 1.29 is 17.9 Å². The lowest BCUT2D eigenvalue weighted by molar-refractivity contribution is -0.0919. The molecule has 2 saturated heterocycles. The summed E-state index contributed by atoms with van der Waals surface area (Å²) in [4.78, 5) is 2.23. The Morgan fingerprint density at radius 2 is 2.14 bits per heavy atom. The van der Waals surface area contributed by atoms with E-state index in [0.717, 1.165) is 12.0 Å². The first-order valence-electron chi connectivity index (χ1n) is 7.46. The lowest BCUT2D eigenvalue weighted by atomic mass is 9.93. The predicted octanol–water partition coefficient (Wildman–Crippen LogP) is 1.03. The molecule has 0 aliphatic carbocycles. The molecule has 6 nitrogen and oxygen atoms in total. The van der Waals surface area contributed by atoms with Gasteiger partial charge in [-0.05, 0) is 31.5 Å². The number of benzene rings is 1. The van der Waals surface area contributed by atoms with E-state index in [2.05, 4.69) is 4.90 Å². The van der Waals surface area contributed by atoms with Crippen LogP contribution in [-0.4, -0.2) is 46.4 Å². The van der Waals surface area contributed by atoms with Crippen molar-refractivity contribution in [1.82, 2.24) is 0 Å². The molecule has 2 unspecified atom stereocenters. The molecule has 1 aromatic rings. The molecule has 7 heteroatoms. The summed E-state index contributed by atoms with van der Waals surface area (Å²) in [6.07, 6.45) is 0.819. The number of anilines is 1. The first-order chi connectivity index (χ1) is 10.3. The number of nitrogens with zero attached hydrogens (tertiary/aromatic N) is 1. The third-order valence-corrected chi connectivity index (χ3v) is 5.56. The molecule has 0 amide bonds. The fraction of sp³-hybridized carbons (Fsp3) is 0.600. The molecule has 0 bridgehead atoms. The first kappa shape index (κ1) is 15.7. The monoisotopic (exact) mass is 326 g/mol. The second-order valence-electron chi connectivity index (χ2n) is 6.11. The molecule has 122 valence electrons. The highest BCUT2D eigenvalue weighted by molar-refractivity contribution is 7.89. The summed E-state index contributed by atoms with van der Waals surface area (Å²) < 4.78 is 35.4. The molecule has 2 heterocycles. The van der Waals surface area contributed by atoms with E-state index in [9.17, 15) is 8.42 Å². The average Bonchev–Trinajstić information content (AvgIpc) is 2.78. The molecule has 0 saturated carbocycles. The van der Waals surface area contributed by atoms with Gasteiger partial charge in [0.1, 0.15) is 10.5 Å². The smallest absolute Gasteiger partial charge is 0.240 e. The summed E-state index contributed by atoms with van der Waals surface area (Å²) in [6, 6.07) is 5.22. The average molecular weight is 326 g/mol. The first-order valence-corrected chi connectivity index (χ1v) is 9.00. The van der Waals surface area contributed by atoms with Crippen LogP contribution in [-0.2, 0) is 19.5 Å². The van der Waals surface area contributed by atoms with Gasteiger partial charge in [-0.15, -0.1) is 0 Å². The van der Waals surface area contributed by atoms with Gasteiger partial charge in [0.25, 0.3) is 0 Å². The van der Waals surface area contributed by atoms with Crippen LogP contribution in [0, 0.1) is 6.92 Å². The minimum Gasteiger partial charge on any atom is -0.375 e. The van der Waals surface area contributed by atoms with Crippen LogP contribution in [0.2, 0.25) is 0 Å². The standard InChI is InChI=1S/C15H22N2O4S/c1-11-3-4-14(22(16,18)19)13(9-11)17-6-8-21-15(10-17)5-7-20-12(15)2/h3-4,9,12H,5-8,10H2,1-2H3,(H2,16,18,19). The highest BCUT2D eigenvalue weighted by Gasteiger charge is 2.46. The van der Waals surface area contributed by atoms with Gasteiger partial charge in [0.2, 0.25) is 10.0 Å². The largest absolute Gasteiger partial charge is 0.375 e. The molecule has 2 fully saturated rings. The Morgan fingerprint density at radius 3 is 2.77 bits per heavy atom. The van der Waals surface area contributed by atoms with Gasteiger partial charge in [-0.1, -0.05) is 6.07 Å². The van der Waals surface area contributed by atoms with E-state index < -0.39 is 10.0 Å². The van der Waals surface area contributed by atoms with Crippen LogP contribution in [0.25, 0.3) is 0 Å². The highest BCUT2D eigenvalue weighted by Crippen LogP contribution is 2.36. The third kappa shape index (κ3) is 2.74. The molecule has 2 atom stereocenters. The number of nitrogens with two attached hydrogens (primary N) is 1. The zero-order chi connectivity index (χ0) is 16.0. The van der Waals surface area contributed by atoms with Crippen molar-refractivity contribution in [3.8, 4) is 0 Å².